The molecule has 0 amide bonds. The molecule has 5 heteroatoms. The van der Waals surface area contributed by atoms with Crippen molar-refractivity contribution in [2.24, 2.45) is 0 Å². The number of benzene rings is 2. The van der Waals surface area contributed by atoms with Crippen molar-refractivity contribution in [3.8, 4) is 22.8 Å². The fourth-order valence-electron chi connectivity index (χ4n) is 3.18. The van der Waals surface area contributed by atoms with E-state index in [9.17, 15) is 4.79 Å². The standard InChI is InChI=1S/C22H26N2O3/c1-15-10-17(14-25)22(26-4)13-19(15)21-11-16-6-7-18(12-20(16)23-21)27-9-5-8-24(2)3/h6-7,10-14,23H,5,8-9H2,1-4H3. The molecule has 0 unspecified atom stereocenters. The van der Waals surface area contributed by atoms with Crippen LogP contribution in [0.25, 0.3) is 22.2 Å². The summed E-state index contributed by atoms with van der Waals surface area (Å²) in [7, 11) is 5.70. The summed E-state index contributed by atoms with van der Waals surface area (Å²) in [6, 6.07) is 11.9. The monoisotopic (exact) mass is 366 g/mol. The number of aromatic nitrogens is 1. The summed E-state index contributed by atoms with van der Waals surface area (Å²) in [5.74, 6) is 1.44. The van der Waals surface area contributed by atoms with Crippen molar-refractivity contribution in [2.75, 3.05) is 34.4 Å². The number of nitrogens with zero attached hydrogens (tertiary/aromatic N) is 1. The van der Waals surface area contributed by atoms with Crippen LogP contribution in [-0.2, 0) is 0 Å². The lowest BCUT2D eigenvalue weighted by atomic mass is 10.0. The number of hydrogen-bond acceptors (Lipinski definition) is 4. The normalized spacial score (nSPS) is 11.1. The average Bonchev–Trinajstić information content (AvgIpc) is 3.07. The fourth-order valence-corrected chi connectivity index (χ4v) is 3.18. The second-order valence-electron chi connectivity index (χ2n) is 6.96. The SMILES string of the molecule is COc1cc(-c2cc3ccc(OCCCN(C)C)cc3[nH]2)c(C)cc1C=O. The Morgan fingerprint density at radius 3 is 2.67 bits per heavy atom. The highest BCUT2D eigenvalue weighted by atomic mass is 16.5. The Balaban J connectivity index is 1.85. The number of carbonyl (C=O) groups excluding carboxylic acids is 1. The Labute approximate surface area is 159 Å². The van der Waals surface area contributed by atoms with Crippen molar-refractivity contribution in [1.82, 2.24) is 9.88 Å². The number of ether oxygens (including phenoxy) is 2. The summed E-state index contributed by atoms with van der Waals surface area (Å²) in [5.41, 5.74) is 4.60. The fraction of sp³-hybridized carbons (Fsp3) is 0.318. The number of aldehydes is 1. The van der Waals surface area contributed by atoms with Gasteiger partial charge in [-0.05, 0) is 63.3 Å². The van der Waals surface area contributed by atoms with Gasteiger partial charge in [-0.1, -0.05) is 0 Å². The van der Waals surface area contributed by atoms with E-state index in [0.29, 0.717) is 17.9 Å². The van der Waals surface area contributed by atoms with Crippen LogP contribution < -0.4 is 9.47 Å². The van der Waals surface area contributed by atoms with E-state index in [0.717, 1.165) is 52.7 Å². The zero-order valence-corrected chi connectivity index (χ0v) is 16.3. The zero-order valence-electron chi connectivity index (χ0n) is 16.3. The molecule has 0 aliphatic heterocycles. The number of aromatic amines is 1. The molecule has 3 rings (SSSR count). The average molecular weight is 366 g/mol. The van der Waals surface area contributed by atoms with Crippen molar-refractivity contribution in [3.63, 3.8) is 0 Å². The first-order chi connectivity index (χ1) is 13.0. The van der Waals surface area contributed by atoms with E-state index in [1.807, 2.05) is 31.2 Å². The number of rotatable bonds is 8. The third kappa shape index (κ3) is 4.31. The number of aryl methyl sites for hydroxylation is 1. The first-order valence-corrected chi connectivity index (χ1v) is 9.06. The predicted molar refractivity (Wildman–Crippen MR) is 109 cm³/mol. The minimum atomic E-state index is 0.559. The number of H-pyrrole nitrogens is 1. The van der Waals surface area contributed by atoms with Crippen molar-refractivity contribution in [2.45, 2.75) is 13.3 Å². The maximum atomic E-state index is 11.2. The largest absolute Gasteiger partial charge is 0.496 e. The molecule has 3 aromatic rings. The molecule has 1 N–H and O–H groups in total. The van der Waals surface area contributed by atoms with E-state index in [1.165, 1.54) is 0 Å². The molecule has 142 valence electrons. The van der Waals surface area contributed by atoms with Crippen molar-refractivity contribution < 1.29 is 14.3 Å². The summed E-state index contributed by atoms with van der Waals surface area (Å²) in [4.78, 5) is 16.8. The van der Waals surface area contributed by atoms with Gasteiger partial charge in [-0.3, -0.25) is 4.79 Å². The Morgan fingerprint density at radius 2 is 1.96 bits per heavy atom. The van der Waals surface area contributed by atoms with Gasteiger partial charge in [-0.15, -0.1) is 0 Å². The molecule has 2 aromatic carbocycles. The molecule has 27 heavy (non-hydrogen) atoms. The van der Waals surface area contributed by atoms with Crippen LogP contribution in [0.3, 0.4) is 0 Å². The molecule has 1 heterocycles. The Kier molecular flexibility index (Phi) is 5.81. The summed E-state index contributed by atoms with van der Waals surface area (Å²) in [6.07, 6.45) is 1.81. The van der Waals surface area contributed by atoms with Crippen LogP contribution in [0, 0.1) is 6.92 Å². The van der Waals surface area contributed by atoms with Gasteiger partial charge in [0.25, 0.3) is 0 Å². The van der Waals surface area contributed by atoms with Gasteiger partial charge < -0.3 is 19.4 Å². The minimum Gasteiger partial charge on any atom is -0.496 e. The summed E-state index contributed by atoms with van der Waals surface area (Å²) < 4.78 is 11.2. The Bertz CT molecular complexity index is 944. The first kappa shape index (κ1) is 19.0. The molecule has 0 aliphatic carbocycles. The molecule has 5 nitrogen and oxygen atoms in total. The molecule has 0 spiro atoms. The lowest BCUT2D eigenvalue weighted by Crippen LogP contribution is -2.15. The summed E-state index contributed by atoms with van der Waals surface area (Å²) >= 11 is 0. The molecule has 0 radical (unpaired) electrons. The molecule has 0 atom stereocenters. The highest BCUT2D eigenvalue weighted by Gasteiger charge is 2.12. The van der Waals surface area contributed by atoms with Crippen LogP contribution in [0.1, 0.15) is 22.3 Å². The lowest BCUT2D eigenvalue weighted by Gasteiger charge is -2.10. The highest BCUT2D eigenvalue weighted by Crippen LogP contribution is 2.32. The number of methoxy groups -OCH3 is 1. The highest BCUT2D eigenvalue weighted by molar-refractivity contribution is 5.89. The van der Waals surface area contributed by atoms with Crippen molar-refractivity contribution in [3.05, 3.63) is 47.5 Å². The quantitative estimate of drug-likeness (QED) is 0.477. The van der Waals surface area contributed by atoms with Gasteiger partial charge >= 0.3 is 0 Å². The molecule has 0 saturated carbocycles. The predicted octanol–water partition coefficient (Wildman–Crippen LogP) is 4.29. The molecule has 1 aromatic heterocycles. The Morgan fingerprint density at radius 1 is 1.15 bits per heavy atom. The second-order valence-corrected chi connectivity index (χ2v) is 6.96. The van der Waals surface area contributed by atoms with Crippen LogP contribution in [0.2, 0.25) is 0 Å². The van der Waals surface area contributed by atoms with Gasteiger partial charge in [0.05, 0.1) is 19.3 Å². The van der Waals surface area contributed by atoms with Crippen LogP contribution in [0.5, 0.6) is 11.5 Å². The maximum Gasteiger partial charge on any atom is 0.153 e. The molecular formula is C22H26N2O3. The van der Waals surface area contributed by atoms with Crippen LogP contribution in [-0.4, -0.2) is 50.5 Å². The molecule has 0 bridgehead atoms. The van der Waals surface area contributed by atoms with E-state index < -0.39 is 0 Å². The minimum absolute atomic E-state index is 0.559. The van der Waals surface area contributed by atoms with Gasteiger partial charge in [-0.25, -0.2) is 0 Å². The van der Waals surface area contributed by atoms with E-state index in [2.05, 4.69) is 36.1 Å². The van der Waals surface area contributed by atoms with Gasteiger partial charge in [0, 0.05) is 34.8 Å². The first-order valence-electron chi connectivity index (χ1n) is 9.06. The van der Waals surface area contributed by atoms with E-state index >= 15 is 0 Å². The molecule has 0 fully saturated rings. The third-order valence-corrected chi connectivity index (χ3v) is 4.61. The van der Waals surface area contributed by atoms with Crippen LogP contribution >= 0.6 is 0 Å². The lowest BCUT2D eigenvalue weighted by molar-refractivity contribution is 0.112. The molecule has 0 saturated heterocycles. The van der Waals surface area contributed by atoms with Crippen molar-refractivity contribution in [1.29, 1.82) is 0 Å². The van der Waals surface area contributed by atoms with Crippen molar-refractivity contribution >= 4 is 17.2 Å². The summed E-state index contributed by atoms with van der Waals surface area (Å²) in [6.45, 7) is 3.69. The zero-order chi connectivity index (χ0) is 19.4. The number of fused-ring (bicyclic) bond motifs is 1. The van der Waals surface area contributed by atoms with E-state index in [-0.39, 0.29) is 0 Å². The van der Waals surface area contributed by atoms with Gasteiger partial charge in [-0.2, -0.15) is 0 Å². The topological polar surface area (TPSA) is 54.6 Å². The number of carbonyl (C=O) groups is 1. The second kappa shape index (κ2) is 8.27. The molecule has 0 aliphatic rings. The van der Waals surface area contributed by atoms with Gasteiger partial charge in [0.15, 0.2) is 6.29 Å². The summed E-state index contributed by atoms with van der Waals surface area (Å²) in [5, 5.41) is 1.11. The number of nitrogens with one attached hydrogen (secondary N) is 1. The smallest absolute Gasteiger partial charge is 0.153 e. The number of hydrogen-bond donors (Lipinski definition) is 1. The van der Waals surface area contributed by atoms with Crippen LogP contribution in [0.15, 0.2) is 36.4 Å². The Hall–Kier alpha value is -2.79. The maximum absolute atomic E-state index is 11.2. The van der Waals surface area contributed by atoms with Gasteiger partial charge in [0.1, 0.15) is 11.5 Å². The molecular weight excluding hydrogens is 340 g/mol. The van der Waals surface area contributed by atoms with Gasteiger partial charge in [0.2, 0.25) is 0 Å². The van der Waals surface area contributed by atoms with E-state index in [1.54, 1.807) is 7.11 Å². The van der Waals surface area contributed by atoms with Crippen LogP contribution in [0.4, 0.5) is 0 Å². The third-order valence-electron chi connectivity index (χ3n) is 4.61. The van der Waals surface area contributed by atoms with E-state index in [4.69, 9.17) is 9.47 Å².